The Hall–Kier alpha value is -1.96. The Morgan fingerprint density at radius 2 is 1.74 bits per heavy atom. The minimum Gasteiger partial charge on any atom is -0.495 e. The number of anilines is 2. The van der Waals surface area contributed by atoms with E-state index in [9.17, 15) is 13.2 Å². The summed E-state index contributed by atoms with van der Waals surface area (Å²) in [5, 5.41) is 1.50. The third kappa shape index (κ3) is 3.36. The molecule has 0 aliphatic carbocycles. The van der Waals surface area contributed by atoms with Crippen molar-refractivity contribution in [3.05, 3.63) is 35.3 Å². The summed E-state index contributed by atoms with van der Waals surface area (Å²) in [5.41, 5.74) is 0.189. The van der Waals surface area contributed by atoms with E-state index >= 15 is 0 Å². The minimum atomic E-state index is -4.38. The molecule has 1 aromatic carbocycles. The highest BCUT2D eigenvalue weighted by atomic mass is 32.1. The van der Waals surface area contributed by atoms with Crippen molar-refractivity contribution in [2.24, 2.45) is 0 Å². The molecular formula is C15H16F3N3OS. The largest absolute Gasteiger partial charge is 0.495 e. The maximum absolute atomic E-state index is 12.6. The lowest BCUT2D eigenvalue weighted by Crippen LogP contribution is -2.46. The first-order chi connectivity index (χ1) is 11.0. The highest BCUT2D eigenvalue weighted by Gasteiger charge is 2.34. The zero-order valence-electron chi connectivity index (χ0n) is 12.5. The van der Waals surface area contributed by atoms with Crippen LogP contribution in [0.2, 0.25) is 0 Å². The van der Waals surface area contributed by atoms with E-state index in [0.29, 0.717) is 31.3 Å². The second-order valence-electron chi connectivity index (χ2n) is 5.16. The predicted molar refractivity (Wildman–Crippen MR) is 84.5 cm³/mol. The summed E-state index contributed by atoms with van der Waals surface area (Å²) in [6.07, 6.45) is -4.38. The summed E-state index contributed by atoms with van der Waals surface area (Å²) in [6.45, 7) is 2.67. The van der Waals surface area contributed by atoms with Crippen LogP contribution >= 0.6 is 11.3 Å². The van der Waals surface area contributed by atoms with Crippen LogP contribution in [0.5, 0.6) is 5.75 Å². The van der Waals surface area contributed by atoms with Crippen molar-refractivity contribution in [2.45, 2.75) is 6.18 Å². The number of para-hydroxylation sites is 2. The number of halogens is 3. The number of hydrogen-bond donors (Lipinski definition) is 0. The van der Waals surface area contributed by atoms with Crippen LogP contribution in [0.25, 0.3) is 0 Å². The lowest BCUT2D eigenvalue weighted by molar-refractivity contribution is -0.140. The molecule has 0 unspecified atom stereocenters. The van der Waals surface area contributed by atoms with E-state index in [1.165, 1.54) is 0 Å². The summed E-state index contributed by atoms with van der Waals surface area (Å²) in [6, 6.07) is 7.74. The molecule has 124 valence electrons. The topological polar surface area (TPSA) is 28.6 Å². The summed E-state index contributed by atoms with van der Waals surface area (Å²) in [4.78, 5) is 7.78. The minimum absolute atomic E-state index is 0.428. The molecule has 1 aromatic heterocycles. The van der Waals surface area contributed by atoms with Gasteiger partial charge in [0, 0.05) is 31.6 Å². The number of nitrogens with zero attached hydrogens (tertiary/aromatic N) is 3. The Morgan fingerprint density at radius 3 is 2.35 bits per heavy atom. The number of thiazole rings is 1. The van der Waals surface area contributed by atoms with E-state index in [1.54, 1.807) is 7.11 Å². The number of benzene rings is 1. The highest BCUT2D eigenvalue weighted by Crippen LogP contribution is 2.34. The van der Waals surface area contributed by atoms with Crippen molar-refractivity contribution >= 4 is 22.2 Å². The number of rotatable bonds is 3. The van der Waals surface area contributed by atoms with Gasteiger partial charge in [0.25, 0.3) is 0 Å². The fraction of sp³-hybridized carbons (Fsp3) is 0.400. The van der Waals surface area contributed by atoms with E-state index in [1.807, 2.05) is 29.2 Å². The predicted octanol–water partition coefficient (Wildman–Crippen LogP) is 3.50. The number of aromatic nitrogens is 1. The van der Waals surface area contributed by atoms with Crippen molar-refractivity contribution < 1.29 is 17.9 Å². The SMILES string of the molecule is COc1ccccc1N1CCN(c2nc(C(F)(F)F)cs2)CC1. The fourth-order valence-electron chi connectivity index (χ4n) is 2.57. The van der Waals surface area contributed by atoms with Gasteiger partial charge in [0.15, 0.2) is 10.8 Å². The van der Waals surface area contributed by atoms with Crippen molar-refractivity contribution in [1.82, 2.24) is 4.98 Å². The van der Waals surface area contributed by atoms with E-state index < -0.39 is 11.9 Å². The van der Waals surface area contributed by atoms with Gasteiger partial charge in [-0.05, 0) is 12.1 Å². The molecule has 0 bridgehead atoms. The average molecular weight is 343 g/mol. The maximum Gasteiger partial charge on any atom is 0.434 e. The third-order valence-electron chi connectivity index (χ3n) is 3.76. The average Bonchev–Trinajstić information content (AvgIpc) is 3.05. The first-order valence-electron chi connectivity index (χ1n) is 7.14. The molecule has 0 atom stereocenters. The van der Waals surface area contributed by atoms with Crippen LogP contribution in [-0.4, -0.2) is 38.3 Å². The van der Waals surface area contributed by atoms with Gasteiger partial charge in [-0.2, -0.15) is 13.2 Å². The van der Waals surface area contributed by atoms with Gasteiger partial charge >= 0.3 is 6.18 Å². The van der Waals surface area contributed by atoms with Gasteiger partial charge in [-0.3, -0.25) is 0 Å². The fourth-order valence-corrected chi connectivity index (χ4v) is 3.46. The van der Waals surface area contributed by atoms with E-state index in [4.69, 9.17) is 4.74 Å². The van der Waals surface area contributed by atoms with Crippen LogP contribution in [0.1, 0.15) is 5.69 Å². The van der Waals surface area contributed by atoms with E-state index in [-0.39, 0.29) is 0 Å². The first-order valence-corrected chi connectivity index (χ1v) is 8.02. The Balaban J connectivity index is 1.68. The van der Waals surface area contributed by atoms with Crippen LogP contribution in [0.15, 0.2) is 29.6 Å². The second kappa shape index (κ2) is 6.27. The lowest BCUT2D eigenvalue weighted by atomic mass is 10.2. The normalized spacial score (nSPS) is 15.8. The monoisotopic (exact) mass is 343 g/mol. The Kier molecular flexibility index (Phi) is 4.34. The van der Waals surface area contributed by atoms with Crippen LogP contribution < -0.4 is 14.5 Å². The zero-order chi connectivity index (χ0) is 16.4. The summed E-state index contributed by atoms with van der Waals surface area (Å²) >= 11 is 1.04. The molecule has 4 nitrogen and oxygen atoms in total. The van der Waals surface area contributed by atoms with Crippen molar-refractivity contribution in [1.29, 1.82) is 0 Å². The third-order valence-corrected chi connectivity index (χ3v) is 4.66. The van der Waals surface area contributed by atoms with Gasteiger partial charge < -0.3 is 14.5 Å². The summed E-state index contributed by atoms with van der Waals surface area (Å²) in [7, 11) is 1.63. The maximum atomic E-state index is 12.6. The molecule has 0 radical (unpaired) electrons. The standard InChI is InChI=1S/C15H16F3N3OS/c1-22-12-5-3-2-4-11(12)20-6-8-21(9-7-20)14-19-13(10-23-14)15(16,17)18/h2-5,10H,6-9H2,1H3. The molecule has 1 aliphatic heterocycles. The van der Waals surface area contributed by atoms with Gasteiger partial charge in [0.2, 0.25) is 0 Å². The van der Waals surface area contributed by atoms with Gasteiger partial charge in [0.1, 0.15) is 5.75 Å². The molecule has 0 amide bonds. The zero-order valence-corrected chi connectivity index (χ0v) is 13.3. The molecule has 2 heterocycles. The molecule has 0 N–H and O–H groups in total. The molecule has 0 spiro atoms. The molecule has 1 aliphatic rings. The Morgan fingerprint density at radius 1 is 1.09 bits per heavy atom. The Bertz CT molecular complexity index is 666. The Labute approximate surface area is 136 Å². The van der Waals surface area contributed by atoms with Crippen molar-refractivity contribution in [3.8, 4) is 5.75 Å². The molecule has 2 aromatic rings. The number of alkyl halides is 3. The van der Waals surface area contributed by atoms with Gasteiger partial charge in [-0.1, -0.05) is 12.1 Å². The molecular weight excluding hydrogens is 327 g/mol. The quantitative estimate of drug-likeness (QED) is 0.853. The smallest absolute Gasteiger partial charge is 0.434 e. The van der Waals surface area contributed by atoms with E-state index in [0.717, 1.165) is 28.2 Å². The van der Waals surface area contributed by atoms with E-state index in [2.05, 4.69) is 9.88 Å². The van der Waals surface area contributed by atoms with Gasteiger partial charge in [-0.15, -0.1) is 11.3 Å². The summed E-state index contributed by atoms with van der Waals surface area (Å²) < 4.78 is 43.3. The molecule has 8 heteroatoms. The molecule has 1 saturated heterocycles. The van der Waals surface area contributed by atoms with Crippen molar-refractivity contribution in [3.63, 3.8) is 0 Å². The second-order valence-corrected chi connectivity index (χ2v) is 6.00. The van der Waals surface area contributed by atoms with Gasteiger partial charge in [0.05, 0.1) is 12.8 Å². The molecule has 3 rings (SSSR count). The molecule has 0 saturated carbocycles. The molecule has 1 fully saturated rings. The highest BCUT2D eigenvalue weighted by molar-refractivity contribution is 7.13. The number of piperazine rings is 1. The number of hydrogen-bond acceptors (Lipinski definition) is 5. The van der Waals surface area contributed by atoms with Crippen molar-refractivity contribution in [2.75, 3.05) is 43.1 Å². The van der Waals surface area contributed by atoms with Crippen LogP contribution in [0.3, 0.4) is 0 Å². The molecule has 23 heavy (non-hydrogen) atoms. The summed E-state index contributed by atoms with van der Waals surface area (Å²) in [5.74, 6) is 0.801. The van der Waals surface area contributed by atoms with Crippen LogP contribution in [-0.2, 0) is 6.18 Å². The first kappa shape index (κ1) is 15.9. The number of ether oxygens (including phenoxy) is 1. The van der Waals surface area contributed by atoms with Crippen LogP contribution in [0, 0.1) is 0 Å². The van der Waals surface area contributed by atoms with Gasteiger partial charge in [-0.25, -0.2) is 4.98 Å². The lowest BCUT2D eigenvalue weighted by Gasteiger charge is -2.36. The number of methoxy groups -OCH3 is 1. The van der Waals surface area contributed by atoms with Crippen LogP contribution in [0.4, 0.5) is 24.0 Å².